The summed E-state index contributed by atoms with van der Waals surface area (Å²) >= 11 is 12.2. The van der Waals surface area contributed by atoms with Gasteiger partial charge in [0.05, 0.1) is 22.5 Å². The van der Waals surface area contributed by atoms with Crippen LogP contribution >= 0.6 is 35.6 Å². The van der Waals surface area contributed by atoms with Crippen LogP contribution in [0.4, 0.5) is 0 Å². The summed E-state index contributed by atoms with van der Waals surface area (Å²) in [5, 5.41) is 2.25. The molecule has 1 amide bonds. The maximum atomic E-state index is 13.4. The number of fused-ring (bicyclic) bond motifs is 3. The molecule has 1 saturated heterocycles. The molecule has 2 aliphatic rings. The van der Waals surface area contributed by atoms with Crippen molar-refractivity contribution in [2.24, 2.45) is 0 Å². The number of H-pyrrole nitrogens is 1. The van der Waals surface area contributed by atoms with Crippen LogP contribution < -0.4 is 0 Å². The van der Waals surface area contributed by atoms with Crippen LogP contribution in [0.25, 0.3) is 10.9 Å². The normalized spacial score (nSPS) is 18.8. The Kier molecular flexibility index (Phi) is 6.83. The van der Waals surface area contributed by atoms with E-state index >= 15 is 0 Å². The van der Waals surface area contributed by atoms with E-state index in [0.29, 0.717) is 16.5 Å². The van der Waals surface area contributed by atoms with E-state index in [9.17, 15) is 4.79 Å². The number of likely N-dealkylation sites (tertiary alicyclic amines) is 1. The van der Waals surface area contributed by atoms with Gasteiger partial charge in [-0.1, -0.05) is 47.5 Å². The van der Waals surface area contributed by atoms with Gasteiger partial charge in [-0.2, -0.15) is 0 Å². The number of carbonyl (C=O) groups excluding carboxylic acids is 1. The first-order chi connectivity index (χ1) is 14.6. The zero-order valence-corrected chi connectivity index (χ0v) is 19.6. The SMILES string of the molecule is Cl.O=C(Cc1ccc(Cl)c(Cl)c1)N1CCc2[nH]c3ccccc3c2C1CN1CCCC1. The Morgan fingerprint density at radius 1 is 1.03 bits per heavy atom. The summed E-state index contributed by atoms with van der Waals surface area (Å²) in [6.45, 7) is 3.85. The second-order valence-corrected chi connectivity index (χ2v) is 9.16. The van der Waals surface area contributed by atoms with Crippen molar-refractivity contribution < 1.29 is 4.79 Å². The quantitative estimate of drug-likeness (QED) is 0.525. The molecule has 164 valence electrons. The van der Waals surface area contributed by atoms with Crippen LogP contribution in [0.3, 0.4) is 0 Å². The molecule has 0 bridgehead atoms. The van der Waals surface area contributed by atoms with Gasteiger partial charge in [-0.25, -0.2) is 0 Å². The van der Waals surface area contributed by atoms with Crippen molar-refractivity contribution in [3.05, 3.63) is 69.3 Å². The van der Waals surface area contributed by atoms with Crippen LogP contribution in [0.15, 0.2) is 42.5 Å². The summed E-state index contributed by atoms with van der Waals surface area (Å²) in [6.07, 6.45) is 3.67. The lowest BCUT2D eigenvalue weighted by molar-refractivity contribution is -0.133. The number of nitrogens with zero attached hydrogens (tertiary/aromatic N) is 2. The fraction of sp³-hybridized carbons (Fsp3) is 0.375. The van der Waals surface area contributed by atoms with E-state index in [0.717, 1.165) is 43.7 Å². The minimum absolute atomic E-state index is 0. The zero-order valence-electron chi connectivity index (χ0n) is 17.2. The number of aromatic amines is 1. The van der Waals surface area contributed by atoms with Crippen LogP contribution in [0.5, 0.6) is 0 Å². The molecule has 2 aromatic carbocycles. The molecule has 2 aliphatic heterocycles. The van der Waals surface area contributed by atoms with Gasteiger partial charge in [0.2, 0.25) is 5.91 Å². The first-order valence-electron chi connectivity index (χ1n) is 10.7. The molecule has 7 heteroatoms. The number of halogens is 3. The Balaban J connectivity index is 0.00000231. The van der Waals surface area contributed by atoms with Crippen LogP contribution in [0.2, 0.25) is 10.0 Å². The molecule has 1 aromatic heterocycles. The second-order valence-electron chi connectivity index (χ2n) is 8.35. The summed E-state index contributed by atoms with van der Waals surface area (Å²) < 4.78 is 0. The highest BCUT2D eigenvalue weighted by atomic mass is 35.5. The number of nitrogens with one attached hydrogen (secondary N) is 1. The molecule has 1 unspecified atom stereocenters. The van der Waals surface area contributed by atoms with Gasteiger partial charge >= 0.3 is 0 Å². The maximum Gasteiger partial charge on any atom is 0.227 e. The van der Waals surface area contributed by atoms with Crippen molar-refractivity contribution in [1.29, 1.82) is 0 Å². The van der Waals surface area contributed by atoms with Crippen molar-refractivity contribution in [2.75, 3.05) is 26.2 Å². The average molecular weight is 479 g/mol. The highest BCUT2D eigenvalue weighted by molar-refractivity contribution is 6.42. The lowest BCUT2D eigenvalue weighted by Gasteiger charge is -2.38. The third-order valence-corrected chi connectivity index (χ3v) is 7.17. The van der Waals surface area contributed by atoms with E-state index < -0.39 is 0 Å². The number of para-hydroxylation sites is 1. The molecule has 1 fully saturated rings. The summed E-state index contributed by atoms with van der Waals surface area (Å²) in [7, 11) is 0. The summed E-state index contributed by atoms with van der Waals surface area (Å²) in [5.74, 6) is 0.147. The molecule has 0 spiro atoms. The Hall–Kier alpha value is -1.72. The van der Waals surface area contributed by atoms with Gasteiger partial charge in [-0.3, -0.25) is 4.79 Å². The largest absolute Gasteiger partial charge is 0.358 e. The molecule has 3 heterocycles. The third-order valence-electron chi connectivity index (χ3n) is 6.43. The zero-order chi connectivity index (χ0) is 20.7. The van der Waals surface area contributed by atoms with Crippen LogP contribution in [0, 0.1) is 0 Å². The molecule has 0 aliphatic carbocycles. The molecule has 4 nitrogen and oxygen atoms in total. The number of hydrogen-bond donors (Lipinski definition) is 1. The van der Waals surface area contributed by atoms with Crippen molar-refractivity contribution in [3.8, 4) is 0 Å². The van der Waals surface area contributed by atoms with Gasteiger partial charge < -0.3 is 14.8 Å². The highest BCUT2D eigenvalue weighted by Crippen LogP contribution is 2.37. The van der Waals surface area contributed by atoms with Crippen molar-refractivity contribution in [1.82, 2.24) is 14.8 Å². The molecule has 1 atom stereocenters. The Morgan fingerprint density at radius 3 is 2.58 bits per heavy atom. The molecule has 5 rings (SSSR count). The molecule has 0 saturated carbocycles. The molecular formula is C24H26Cl3N3O. The fourth-order valence-electron chi connectivity index (χ4n) is 4.97. The highest BCUT2D eigenvalue weighted by Gasteiger charge is 2.35. The minimum Gasteiger partial charge on any atom is -0.358 e. The molecule has 1 N–H and O–H groups in total. The van der Waals surface area contributed by atoms with Crippen molar-refractivity contribution in [3.63, 3.8) is 0 Å². The van der Waals surface area contributed by atoms with Crippen molar-refractivity contribution >= 4 is 52.4 Å². The van der Waals surface area contributed by atoms with Crippen LogP contribution in [-0.2, 0) is 17.6 Å². The Bertz CT molecular complexity index is 1090. The standard InChI is InChI=1S/C24H25Cl2N3O.ClH/c25-18-8-7-16(13-19(18)26)14-23(30)29-12-9-21-24(17-5-1-2-6-20(17)27-21)22(29)15-28-10-3-4-11-28;/h1-2,5-8,13,22,27H,3-4,9-12,14-15H2;1H. The average Bonchev–Trinajstić information content (AvgIpc) is 3.38. The monoisotopic (exact) mass is 477 g/mol. The third kappa shape index (κ3) is 4.45. The molecule has 31 heavy (non-hydrogen) atoms. The second kappa shape index (κ2) is 9.41. The fourth-order valence-corrected chi connectivity index (χ4v) is 5.29. The lowest BCUT2D eigenvalue weighted by Crippen LogP contribution is -2.45. The van der Waals surface area contributed by atoms with Crippen molar-refractivity contribution in [2.45, 2.75) is 31.7 Å². The minimum atomic E-state index is 0. The van der Waals surface area contributed by atoms with E-state index in [4.69, 9.17) is 23.2 Å². The van der Waals surface area contributed by atoms with Gasteiger partial charge in [0, 0.05) is 41.7 Å². The Morgan fingerprint density at radius 2 is 1.81 bits per heavy atom. The van der Waals surface area contributed by atoms with Gasteiger partial charge in [0.25, 0.3) is 0 Å². The van der Waals surface area contributed by atoms with Gasteiger partial charge in [-0.05, 0) is 49.7 Å². The smallest absolute Gasteiger partial charge is 0.227 e. The number of benzene rings is 2. The van der Waals surface area contributed by atoms with E-state index in [2.05, 4.69) is 39.0 Å². The Labute approximate surface area is 198 Å². The first-order valence-corrected chi connectivity index (χ1v) is 11.4. The van der Waals surface area contributed by atoms with E-state index in [1.165, 1.54) is 29.5 Å². The van der Waals surface area contributed by atoms with E-state index in [1.807, 2.05) is 6.07 Å². The molecule has 0 radical (unpaired) electrons. The van der Waals surface area contributed by atoms with Gasteiger partial charge in [-0.15, -0.1) is 12.4 Å². The van der Waals surface area contributed by atoms with Gasteiger partial charge in [0.1, 0.15) is 0 Å². The maximum absolute atomic E-state index is 13.4. The van der Waals surface area contributed by atoms with Gasteiger partial charge in [0.15, 0.2) is 0 Å². The van der Waals surface area contributed by atoms with Crippen LogP contribution in [0.1, 0.15) is 35.7 Å². The van der Waals surface area contributed by atoms with E-state index in [1.54, 1.807) is 12.1 Å². The van der Waals surface area contributed by atoms with Crippen LogP contribution in [-0.4, -0.2) is 46.9 Å². The number of amides is 1. The molecular weight excluding hydrogens is 453 g/mol. The van der Waals surface area contributed by atoms with E-state index in [-0.39, 0.29) is 24.4 Å². The topological polar surface area (TPSA) is 39.3 Å². The first kappa shape index (κ1) is 22.5. The summed E-state index contributed by atoms with van der Waals surface area (Å²) in [4.78, 5) is 21.6. The lowest BCUT2D eigenvalue weighted by atomic mass is 9.94. The number of rotatable bonds is 4. The number of hydrogen-bond acceptors (Lipinski definition) is 2. The summed E-state index contributed by atoms with van der Waals surface area (Å²) in [6, 6.07) is 14.0. The molecule has 3 aromatic rings. The predicted octanol–water partition coefficient (Wildman–Crippen LogP) is 5.66. The number of aromatic nitrogens is 1. The predicted molar refractivity (Wildman–Crippen MR) is 130 cm³/mol. The summed E-state index contributed by atoms with van der Waals surface area (Å²) in [5.41, 5.74) is 4.64. The number of carbonyl (C=O) groups is 1.